The molecule has 1 heterocycles. The minimum Gasteiger partial charge on any atom is -0.371 e. The van der Waals surface area contributed by atoms with Crippen LogP contribution in [-0.2, 0) is 12.4 Å². The zero-order valence-corrected chi connectivity index (χ0v) is 21.5. The van der Waals surface area contributed by atoms with Crippen molar-refractivity contribution in [2.45, 2.75) is 37.3 Å². The van der Waals surface area contributed by atoms with Crippen LogP contribution in [0.1, 0.15) is 47.2 Å². The van der Waals surface area contributed by atoms with Crippen LogP contribution in [0.4, 0.5) is 43.4 Å². The van der Waals surface area contributed by atoms with Crippen LogP contribution in [0.5, 0.6) is 0 Å². The fraction of sp³-hybridized carbons (Fsp3) is 0.267. The second-order valence-electron chi connectivity index (χ2n) is 9.96. The fourth-order valence-electron chi connectivity index (χ4n) is 5.26. The van der Waals surface area contributed by atoms with Crippen molar-refractivity contribution in [2.24, 2.45) is 0 Å². The summed E-state index contributed by atoms with van der Waals surface area (Å²) in [6.07, 6.45) is -8.20. The summed E-state index contributed by atoms with van der Waals surface area (Å²) in [6, 6.07) is 18.8. The highest BCUT2D eigenvalue weighted by atomic mass is 19.4. The molecular weight excluding hydrogens is 548 g/mol. The maximum absolute atomic E-state index is 13.4. The van der Waals surface area contributed by atoms with Gasteiger partial charge >= 0.3 is 12.4 Å². The topological polar surface area (TPSA) is 61.4 Å². The van der Waals surface area contributed by atoms with Crippen LogP contribution in [0.15, 0.2) is 88.5 Å². The van der Waals surface area contributed by atoms with Crippen molar-refractivity contribution >= 4 is 17.1 Å². The molecule has 4 aromatic rings. The largest absolute Gasteiger partial charge is 0.416 e. The standard InChI is InChI=1S/C30H25F6N3O2/c31-29(32,33)20-15-21(30(34,35)36)17-22(16-20)37-24-25(28(41)27(24)40)38-23(18-9-3-1-4-10-18)26(39-13-7-8-14-39)19-11-5-2-6-12-19/h1-6,9-12,15-17,23,26,37-38H,7-8,13-14H2/t23-,26-/m1/s1. The van der Waals surface area contributed by atoms with E-state index in [1.807, 2.05) is 60.7 Å². The van der Waals surface area contributed by atoms with Gasteiger partial charge in [-0.3, -0.25) is 14.5 Å². The quantitative estimate of drug-likeness (QED) is 0.175. The van der Waals surface area contributed by atoms with Gasteiger partial charge in [0.25, 0.3) is 10.9 Å². The van der Waals surface area contributed by atoms with Crippen molar-refractivity contribution in [3.8, 4) is 0 Å². The van der Waals surface area contributed by atoms with Crippen molar-refractivity contribution in [1.82, 2.24) is 4.90 Å². The Morgan fingerprint density at radius 2 is 1.15 bits per heavy atom. The highest BCUT2D eigenvalue weighted by Crippen LogP contribution is 2.41. The van der Waals surface area contributed by atoms with E-state index in [1.54, 1.807) is 0 Å². The second-order valence-corrected chi connectivity index (χ2v) is 9.96. The average molecular weight is 574 g/mol. The molecule has 0 unspecified atom stereocenters. The molecular formula is C30H25F6N3O2. The Morgan fingerprint density at radius 1 is 0.659 bits per heavy atom. The third kappa shape index (κ3) is 6.00. The van der Waals surface area contributed by atoms with Crippen LogP contribution in [0.25, 0.3) is 0 Å². The molecule has 41 heavy (non-hydrogen) atoms. The summed E-state index contributed by atoms with van der Waals surface area (Å²) in [6.45, 7) is 1.57. The summed E-state index contributed by atoms with van der Waals surface area (Å²) >= 11 is 0. The van der Waals surface area contributed by atoms with Crippen molar-refractivity contribution in [2.75, 3.05) is 23.7 Å². The lowest BCUT2D eigenvalue weighted by atomic mass is 9.91. The number of likely N-dealkylation sites (tertiary alicyclic amines) is 1. The van der Waals surface area contributed by atoms with Gasteiger partial charge in [0.1, 0.15) is 11.4 Å². The first-order chi connectivity index (χ1) is 19.4. The second kappa shape index (κ2) is 11.0. The lowest BCUT2D eigenvalue weighted by molar-refractivity contribution is -0.143. The first-order valence-corrected chi connectivity index (χ1v) is 12.9. The first kappa shape index (κ1) is 28.4. The lowest BCUT2D eigenvalue weighted by Crippen LogP contribution is -2.40. The molecule has 0 bridgehead atoms. The van der Waals surface area contributed by atoms with E-state index in [2.05, 4.69) is 15.5 Å². The Morgan fingerprint density at radius 3 is 1.66 bits per heavy atom. The van der Waals surface area contributed by atoms with Crippen LogP contribution < -0.4 is 21.5 Å². The summed E-state index contributed by atoms with van der Waals surface area (Å²) < 4.78 is 80.4. The summed E-state index contributed by atoms with van der Waals surface area (Å²) in [7, 11) is 0. The molecule has 0 aromatic heterocycles. The predicted octanol–water partition coefficient (Wildman–Crippen LogP) is 7.05. The smallest absolute Gasteiger partial charge is 0.371 e. The number of hydrogen-bond acceptors (Lipinski definition) is 5. The fourth-order valence-corrected chi connectivity index (χ4v) is 5.26. The monoisotopic (exact) mass is 573 g/mol. The summed E-state index contributed by atoms with van der Waals surface area (Å²) in [4.78, 5) is 27.6. The molecule has 1 aliphatic heterocycles. The van der Waals surface area contributed by atoms with Crippen molar-refractivity contribution in [1.29, 1.82) is 0 Å². The van der Waals surface area contributed by atoms with Crippen LogP contribution in [-0.4, -0.2) is 18.0 Å². The molecule has 2 N–H and O–H groups in total. The van der Waals surface area contributed by atoms with E-state index in [-0.39, 0.29) is 17.8 Å². The predicted molar refractivity (Wildman–Crippen MR) is 144 cm³/mol. The van der Waals surface area contributed by atoms with Gasteiger partial charge in [-0.25, -0.2) is 0 Å². The number of nitrogens with one attached hydrogen (secondary N) is 2. The average Bonchev–Trinajstić information content (AvgIpc) is 3.48. The highest BCUT2D eigenvalue weighted by molar-refractivity contribution is 5.79. The maximum atomic E-state index is 13.4. The van der Waals surface area contributed by atoms with E-state index in [9.17, 15) is 35.9 Å². The first-order valence-electron chi connectivity index (χ1n) is 12.9. The van der Waals surface area contributed by atoms with E-state index in [4.69, 9.17) is 0 Å². The van der Waals surface area contributed by atoms with Crippen LogP contribution >= 0.6 is 0 Å². The third-order valence-corrected chi connectivity index (χ3v) is 7.22. The molecule has 1 saturated heterocycles. The SMILES string of the molecule is O=c1c(Nc2cc(C(F)(F)F)cc(C(F)(F)F)c2)c(N[C@H](c2ccccc2)[C@@H](c2ccccc2)N2CCCC2)c1=O. The highest BCUT2D eigenvalue weighted by Gasteiger charge is 2.38. The Kier molecular flexibility index (Phi) is 7.65. The van der Waals surface area contributed by atoms with Gasteiger partial charge in [-0.15, -0.1) is 0 Å². The number of rotatable bonds is 8. The Labute approximate surface area is 231 Å². The third-order valence-electron chi connectivity index (χ3n) is 7.22. The molecule has 11 heteroatoms. The summed E-state index contributed by atoms with van der Waals surface area (Å²) in [5, 5.41) is 5.52. The van der Waals surface area contributed by atoms with E-state index >= 15 is 0 Å². The summed E-state index contributed by atoms with van der Waals surface area (Å²) in [5.41, 5.74) is -4.51. The number of nitrogens with zero attached hydrogens (tertiary/aromatic N) is 1. The van der Waals surface area contributed by atoms with E-state index in [0.717, 1.165) is 37.1 Å². The molecule has 0 aliphatic carbocycles. The molecule has 5 nitrogen and oxygen atoms in total. The number of hydrogen-bond donors (Lipinski definition) is 2. The van der Waals surface area contributed by atoms with Gasteiger partial charge < -0.3 is 10.6 Å². The van der Waals surface area contributed by atoms with Gasteiger partial charge in [-0.1, -0.05) is 60.7 Å². The minimum atomic E-state index is -5.07. The van der Waals surface area contributed by atoms with Gasteiger partial charge in [-0.05, 0) is 55.3 Å². The minimum absolute atomic E-state index is 0.00158. The van der Waals surface area contributed by atoms with Gasteiger partial charge in [0.2, 0.25) is 0 Å². The van der Waals surface area contributed by atoms with E-state index < -0.39 is 51.8 Å². The van der Waals surface area contributed by atoms with Crippen molar-refractivity contribution < 1.29 is 26.3 Å². The molecule has 4 aromatic carbocycles. The number of anilines is 3. The Balaban J connectivity index is 1.56. The van der Waals surface area contributed by atoms with Gasteiger partial charge in [-0.2, -0.15) is 26.3 Å². The molecule has 0 amide bonds. The number of alkyl halides is 6. The number of halogens is 6. The normalized spacial score (nSPS) is 16.0. The molecule has 5 rings (SSSR count). The Hall–Kier alpha value is -4.12. The van der Waals surface area contributed by atoms with Crippen LogP contribution in [0.3, 0.4) is 0 Å². The van der Waals surface area contributed by atoms with Crippen molar-refractivity contribution in [3.63, 3.8) is 0 Å². The molecule has 214 valence electrons. The molecule has 1 fully saturated rings. The number of benzene rings is 3. The molecule has 0 spiro atoms. The molecule has 1 aliphatic rings. The molecule has 0 saturated carbocycles. The summed E-state index contributed by atoms with van der Waals surface area (Å²) in [5.74, 6) is 0. The van der Waals surface area contributed by atoms with Gasteiger partial charge in [0.05, 0.1) is 23.2 Å². The van der Waals surface area contributed by atoms with Gasteiger partial charge in [0, 0.05) is 5.69 Å². The van der Waals surface area contributed by atoms with Gasteiger partial charge in [0.15, 0.2) is 0 Å². The maximum Gasteiger partial charge on any atom is 0.416 e. The zero-order chi connectivity index (χ0) is 29.4. The van der Waals surface area contributed by atoms with Crippen molar-refractivity contribution in [3.05, 3.63) is 122 Å². The molecule has 0 radical (unpaired) electrons. The van der Waals surface area contributed by atoms with E-state index in [1.165, 1.54) is 0 Å². The van der Waals surface area contributed by atoms with E-state index in [0.29, 0.717) is 12.1 Å². The van der Waals surface area contributed by atoms with Crippen LogP contribution in [0, 0.1) is 0 Å². The van der Waals surface area contributed by atoms with Crippen LogP contribution in [0.2, 0.25) is 0 Å². The zero-order valence-electron chi connectivity index (χ0n) is 21.5. The Bertz CT molecular complexity index is 1540. The lowest BCUT2D eigenvalue weighted by Gasteiger charge is -2.37. The molecule has 2 atom stereocenters.